The van der Waals surface area contributed by atoms with Crippen LogP contribution in [0, 0.1) is 0 Å². The number of pyridine rings is 1. The van der Waals surface area contributed by atoms with Gasteiger partial charge in [0.1, 0.15) is 5.75 Å². The van der Waals surface area contributed by atoms with Crippen molar-refractivity contribution in [1.29, 1.82) is 0 Å². The van der Waals surface area contributed by atoms with Crippen LogP contribution in [-0.4, -0.2) is 4.98 Å². The summed E-state index contributed by atoms with van der Waals surface area (Å²) in [5, 5.41) is 0. The van der Waals surface area contributed by atoms with E-state index in [4.69, 9.17) is 4.74 Å². The average molecular weight is 289 g/mol. The molecule has 106 valence electrons. The molecule has 7 heteroatoms. The van der Waals surface area contributed by atoms with E-state index in [0.717, 1.165) is 30.5 Å². The molecule has 2 aromatic rings. The van der Waals surface area contributed by atoms with Crippen LogP contribution < -0.4 is 4.74 Å². The SMILES string of the molecule is FC(F)c1ccc(Oc2cc(C(F)(F)F)ccn2)cc1. The first-order valence-electron chi connectivity index (χ1n) is 5.45. The van der Waals surface area contributed by atoms with Crippen LogP contribution in [0.25, 0.3) is 0 Å². The molecule has 2 rings (SSSR count). The van der Waals surface area contributed by atoms with Crippen molar-refractivity contribution < 1.29 is 26.7 Å². The van der Waals surface area contributed by atoms with Gasteiger partial charge in [-0.1, -0.05) is 0 Å². The van der Waals surface area contributed by atoms with E-state index in [9.17, 15) is 22.0 Å². The van der Waals surface area contributed by atoms with E-state index in [2.05, 4.69) is 4.98 Å². The molecule has 0 aliphatic heterocycles. The molecule has 0 N–H and O–H groups in total. The second-order valence-electron chi connectivity index (χ2n) is 3.85. The van der Waals surface area contributed by atoms with Crippen LogP contribution in [0.2, 0.25) is 0 Å². The molecule has 2 nitrogen and oxygen atoms in total. The van der Waals surface area contributed by atoms with E-state index in [1.165, 1.54) is 12.1 Å². The van der Waals surface area contributed by atoms with Crippen LogP contribution in [0.1, 0.15) is 17.6 Å². The fourth-order valence-electron chi connectivity index (χ4n) is 1.44. The summed E-state index contributed by atoms with van der Waals surface area (Å²) in [7, 11) is 0. The molecule has 1 aromatic heterocycles. The molecule has 0 atom stereocenters. The summed E-state index contributed by atoms with van der Waals surface area (Å²) in [4.78, 5) is 3.64. The first-order chi connectivity index (χ1) is 9.36. The molecule has 1 heterocycles. The zero-order valence-corrected chi connectivity index (χ0v) is 9.86. The van der Waals surface area contributed by atoms with Gasteiger partial charge < -0.3 is 4.74 Å². The number of aromatic nitrogens is 1. The van der Waals surface area contributed by atoms with Crippen LogP contribution >= 0.6 is 0 Å². The lowest BCUT2D eigenvalue weighted by Gasteiger charge is -2.09. The van der Waals surface area contributed by atoms with Crippen molar-refractivity contribution in [2.24, 2.45) is 0 Å². The van der Waals surface area contributed by atoms with Gasteiger partial charge in [-0.25, -0.2) is 13.8 Å². The van der Waals surface area contributed by atoms with Gasteiger partial charge in [-0.3, -0.25) is 0 Å². The van der Waals surface area contributed by atoms with Crippen molar-refractivity contribution in [1.82, 2.24) is 4.98 Å². The van der Waals surface area contributed by atoms with Gasteiger partial charge in [0.15, 0.2) is 0 Å². The van der Waals surface area contributed by atoms with Gasteiger partial charge in [0.25, 0.3) is 6.43 Å². The highest BCUT2D eigenvalue weighted by Crippen LogP contribution is 2.31. The molecule has 0 fully saturated rings. The van der Waals surface area contributed by atoms with Gasteiger partial charge in [-0.2, -0.15) is 13.2 Å². The van der Waals surface area contributed by atoms with Gasteiger partial charge in [0.05, 0.1) is 5.56 Å². The van der Waals surface area contributed by atoms with Gasteiger partial charge in [0.2, 0.25) is 5.88 Å². The quantitative estimate of drug-likeness (QED) is 0.755. The van der Waals surface area contributed by atoms with Gasteiger partial charge in [-0.05, 0) is 30.3 Å². The topological polar surface area (TPSA) is 22.1 Å². The molecular weight excluding hydrogens is 281 g/mol. The monoisotopic (exact) mass is 289 g/mol. The standard InChI is InChI=1S/C13H8F5NO/c14-12(15)8-1-3-10(4-2-8)20-11-7-9(5-6-19-11)13(16,17)18/h1-7,12H. The predicted molar refractivity (Wildman–Crippen MR) is 60.7 cm³/mol. The van der Waals surface area contributed by atoms with Gasteiger partial charge in [0, 0.05) is 17.8 Å². The third-order valence-corrected chi connectivity index (χ3v) is 2.42. The zero-order chi connectivity index (χ0) is 14.8. The maximum absolute atomic E-state index is 12.5. The largest absolute Gasteiger partial charge is 0.439 e. The lowest BCUT2D eigenvalue weighted by molar-refractivity contribution is -0.137. The Morgan fingerprint density at radius 3 is 2.20 bits per heavy atom. The minimum absolute atomic E-state index is 0.126. The van der Waals surface area contributed by atoms with Crippen molar-refractivity contribution in [2.45, 2.75) is 12.6 Å². The third-order valence-electron chi connectivity index (χ3n) is 2.42. The number of rotatable bonds is 3. The Balaban J connectivity index is 2.18. The van der Waals surface area contributed by atoms with E-state index in [-0.39, 0.29) is 17.2 Å². The minimum atomic E-state index is -4.50. The van der Waals surface area contributed by atoms with Crippen molar-refractivity contribution in [2.75, 3.05) is 0 Å². The molecule has 0 radical (unpaired) electrons. The summed E-state index contributed by atoms with van der Waals surface area (Å²) in [5.41, 5.74) is -1.10. The van der Waals surface area contributed by atoms with Crippen LogP contribution in [0.15, 0.2) is 42.6 Å². The second-order valence-corrected chi connectivity index (χ2v) is 3.85. The highest BCUT2D eigenvalue weighted by Gasteiger charge is 2.31. The van der Waals surface area contributed by atoms with Crippen molar-refractivity contribution in [3.63, 3.8) is 0 Å². The fraction of sp³-hybridized carbons (Fsp3) is 0.154. The van der Waals surface area contributed by atoms with Crippen LogP contribution in [0.5, 0.6) is 11.6 Å². The molecule has 0 bridgehead atoms. The van der Waals surface area contributed by atoms with E-state index in [1.54, 1.807) is 0 Å². The first kappa shape index (κ1) is 14.2. The number of nitrogens with zero attached hydrogens (tertiary/aromatic N) is 1. The fourth-order valence-corrected chi connectivity index (χ4v) is 1.44. The lowest BCUT2D eigenvalue weighted by Crippen LogP contribution is -2.05. The number of hydrogen-bond donors (Lipinski definition) is 0. The smallest absolute Gasteiger partial charge is 0.416 e. The van der Waals surface area contributed by atoms with E-state index >= 15 is 0 Å². The molecular formula is C13H8F5NO. The summed E-state index contributed by atoms with van der Waals surface area (Å²) < 4.78 is 67.2. The summed E-state index contributed by atoms with van der Waals surface area (Å²) in [6.07, 6.45) is -6.15. The Hall–Kier alpha value is -2.18. The predicted octanol–water partition coefficient (Wildman–Crippen LogP) is 4.83. The summed E-state index contributed by atoms with van der Waals surface area (Å²) in [6.45, 7) is 0. The van der Waals surface area contributed by atoms with E-state index in [1.807, 2.05) is 0 Å². The molecule has 0 unspecified atom stereocenters. The van der Waals surface area contributed by atoms with Crippen molar-refractivity contribution in [3.05, 3.63) is 53.7 Å². The molecule has 1 aromatic carbocycles. The highest BCUT2D eigenvalue weighted by molar-refractivity contribution is 5.32. The number of benzene rings is 1. The number of alkyl halides is 5. The number of ether oxygens (including phenoxy) is 1. The summed E-state index contributed by atoms with van der Waals surface area (Å²) in [6, 6.07) is 6.29. The second kappa shape index (κ2) is 5.44. The summed E-state index contributed by atoms with van der Waals surface area (Å²) in [5.74, 6) is -0.133. The number of halogens is 5. The Morgan fingerprint density at radius 1 is 1.00 bits per heavy atom. The minimum Gasteiger partial charge on any atom is -0.439 e. The molecule has 0 spiro atoms. The molecule has 20 heavy (non-hydrogen) atoms. The Kier molecular flexibility index (Phi) is 3.87. The molecule has 0 amide bonds. The number of hydrogen-bond acceptors (Lipinski definition) is 2. The normalized spacial score (nSPS) is 11.7. The molecule has 0 saturated heterocycles. The molecule has 0 aliphatic carbocycles. The molecule has 0 aliphatic rings. The molecule has 0 saturated carbocycles. The highest BCUT2D eigenvalue weighted by atomic mass is 19.4. The zero-order valence-electron chi connectivity index (χ0n) is 9.86. The Bertz CT molecular complexity index is 580. The van der Waals surface area contributed by atoms with Crippen molar-refractivity contribution in [3.8, 4) is 11.6 Å². The summed E-state index contributed by atoms with van der Waals surface area (Å²) >= 11 is 0. The van der Waals surface area contributed by atoms with Crippen LogP contribution in [0.3, 0.4) is 0 Å². The third kappa shape index (κ3) is 3.43. The van der Waals surface area contributed by atoms with Crippen LogP contribution in [-0.2, 0) is 6.18 Å². The first-order valence-corrected chi connectivity index (χ1v) is 5.45. The van der Waals surface area contributed by atoms with Crippen LogP contribution in [0.4, 0.5) is 22.0 Å². The van der Waals surface area contributed by atoms with Crippen molar-refractivity contribution >= 4 is 0 Å². The van der Waals surface area contributed by atoms with Gasteiger partial charge >= 0.3 is 6.18 Å². The maximum atomic E-state index is 12.5. The maximum Gasteiger partial charge on any atom is 0.416 e. The average Bonchev–Trinajstić information content (AvgIpc) is 2.38. The van der Waals surface area contributed by atoms with E-state index in [0.29, 0.717) is 0 Å². The Labute approximate surface area is 110 Å². The Morgan fingerprint density at radius 2 is 1.65 bits per heavy atom. The van der Waals surface area contributed by atoms with Gasteiger partial charge in [-0.15, -0.1) is 0 Å². The lowest BCUT2D eigenvalue weighted by atomic mass is 10.2. The van der Waals surface area contributed by atoms with E-state index < -0.39 is 18.2 Å².